The second kappa shape index (κ2) is 7.39. The molecule has 1 aromatic rings. The lowest BCUT2D eigenvalue weighted by Gasteiger charge is -2.06. The Morgan fingerprint density at radius 1 is 1.38 bits per heavy atom. The molecule has 16 heavy (non-hydrogen) atoms. The first kappa shape index (κ1) is 13.2. The molecule has 0 aliphatic heterocycles. The molecule has 0 fully saturated rings. The van der Waals surface area contributed by atoms with Gasteiger partial charge in [0.15, 0.2) is 0 Å². The van der Waals surface area contributed by atoms with Crippen molar-refractivity contribution in [3.63, 3.8) is 0 Å². The standard InChI is InChI=1S/C12H24N4/c1-4-16-10-12(14-15-16)7-5-6-8-13-9-11(2)3/h10-11,13H,4-9H2,1-3H3. The molecular weight excluding hydrogens is 200 g/mol. The summed E-state index contributed by atoms with van der Waals surface area (Å²) in [5.41, 5.74) is 1.12. The first-order valence-corrected chi connectivity index (χ1v) is 6.32. The molecule has 0 amide bonds. The maximum absolute atomic E-state index is 4.13. The van der Waals surface area contributed by atoms with E-state index >= 15 is 0 Å². The first-order valence-electron chi connectivity index (χ1n) is 6.32. The smallest absolute Gasteiger partial charge is 0.0827 e. The van der Waals surface area contributed by atoms with Crippen molar-refractivity contribution in [1.29, 1.82) is 0 Å². The highest BCUT2D eigenvalue weighted by molar-refractivity contribution is 4.91. The molecule has 1 rings (SSSR count). The average Bonchev–Trinajstić information content (AvgIpc) is 2.70. The first-order chi connectivity index (χ1) is 7.72. The third-order valence-corrected chi connectivity index (χ3v) is 2.50. The van der Waals surface area contributed by atoms with Crippen LogP contribution < -0.4 is 5.32 Å². The van der Waals surface area contributed by atoms with Gasteiger partial charge in [0.2, 0.25) is 0 Å². The van der Waals surface area contributed by atoms with Crippen LogP contribution in [-0.2, 0) is 13.0 Å². The van der Waals surface area contributed by atoms with Gasteiger partial charge >= 0.3 is 0 Å². The number of rotatable bonds is 8. The third-order valence-electron chi connectivity index (χ3n) is 2.50. The van der Waals surface area contributed by atoms with Crippen molar-refractivity contribution in [3.8, 4) is 0 Å². The summed E-state index contributed by atoms with van der Waals surface area (Å²) in [6.07, 6.45) is 5.49. The molecule has 0 saturated carbocycles. The van der Waals surface area contributed by atoms with Crippen LogP contribution in [0.25, 0.3) is 0 Å². The molecule has 0 aliphatic carbocycles. The Bertz CT molecular complexity index is 280. The van der Waals surface area contributed by atoms with Gasteiger partial charge in [-0.1, -0.05) is 19.1 Å². The van der Waals surface area contributed by atoms with Crippen molar-refractivity contribution < 1.29 is 0 Å². The number of unbranched alkanes of at least 4 members (excludes halogenated alkanes) is 1. The minimum Gasteiger partial charge on any atom is -0.316 e. The van der Waals surface area contributed by atoms with Crippen molar-refractivity contribution in [2.45, 2.75) is 46.6 Å². The van der Waals surface area contributed by atoms with Gasteiger partial charge in [-0.2, -0.15) is 0 Å². The molecule has 1 aromatic heterocycles. The molecule has 0 saturated heterocycles. The van der Waals surface area contributed by atoms with E-state index in [0.717, 1.165) is 37.7 Å². The summed E-state index contributed by atoms with van der Waals surface area (Å²) in [6.45, 7) is 9.68. The highest BCUT2D eigenvalue weighted by Gasteiger charge is 1.99. The van der Waals surface area contributed by atoms with Crippen LogP contribution in [0.3, 0.4) is 0 Å². The van der Waals surface area contributed by atoms with E-state index in [4.69, 9.17) is 0 Å². The zero-order valence-corrected chi connectivity index (χ0v) is 10.7. The van der Waals surface area contributed by atoms with Crippen LogP contribution >= 0.6 is 0 Å². The Morgan fingerprint density at radius 2 is 2.19 bits per heavy atom. The molecule has 1 heterocycles. The normalized spacial score (nSPS) is 11.2. The Balaban J connectivity index is 2.02. The lowest BCUT2D eigenvalue weighted by atomic mass is 10.2. The molecule has 92 valence electrons. The van der Waals surface area contributed by atoms with Crippen molar-refractivity contribution >= 4 is 0 Å². The highest BCUT2D eigenvalue weighted by Crippen LogP contribution is 2.00. The maximum atomic E-state index is 4.13. The van der Waals surface area contributed by atoms with Crippen LogP contribution in [0.5, 0.6) is 0 Å². The van der Waals surface area contributed by atoms with Gasteiger partial charge in [-0.25, -0.2) is 0 Å². The molecular formula is C12H24N4. The molecule has 0 unspecified atom stereocenters. The average molecular weight is 224 g/mol. The second-order valence-electron chi connectivity index (χ2n) is 4.62. The van der Waals surface area contributed by atoms with E-state index in [-0.39, 0.29) is 0 Å². The summed E-state index contributed by atoms with van der Waals surface area (Å²) in [7, 11) is 0. The fraction of sp³-hybridized carbons (Fsp3) is 0.833. The fourth-order valence-electron chi connectivity index (χ4n) is 1.55. The number of hydrogen-bond donors (Lipinski definition) is 1. The highest BCUT2D eigenvalue weighted by atomic mass is 15.4. The molecule has 0 atom stereocenters. The summed E-state index contributed by atoms with van der Waals surface area (Å²) >= 11 is 0. The van der Waals surface area contributed by atoms with Gasteiger partial charge < -0.3 is 5.32 Å². The van der Waals surface area contributed by atoms with Crippen LogP contribution in [0.2, 0.25) is 0 Å². The summed E-state index contributed by atoms with van der Waals surface area (Å²) in [6, 6.07) is 0. The van der Waals surface area contributed by atoms with Gasteiger partial charge in [0.05, 0.1) is 5.69 Å². The van der Waals surface area contributed by atoms with E-state index in [2.05, 4.69) is 36.4 Å². The van der Waals surface area contributed by atoms with Crippen LogP contribution in [0.4, 0.5) is 0 Å². The Hall–Kier alpha value is -0.900. The quantitative estimate of drug-likeness (QED) is 0.685. The molecule has 4 heteroatoms. The van der Waals surface area contributed by atoms with Gasteiger partial charge in [-0.05, 0) is 45.2 Å². The van der Waals surface area contributed by atoms with Crippen LogP contribution in [-0.4, -0.2) is 28.1 Å². The van der Waals surface area contributed by atoms with Crippen molar-refractivity contribution in [3.05, 3.63) is 11.9 Å². The number of aryl methyl sites for hydroxylation is 2. The largest absolute Gasteiger partial charge is 0.316 e. The molecule has 0 spiro atoms. The number of nitrogens with zero attached hydrogens (tertiary/aromatic N) is 3. The zero-order chi connectivity index (χ0) is 11.8. The minimum atomic E-state index is 0.740. The van der Waals surface area contributed by atoms with E-state index in [0.29, 0.717) is 0 Å². The molecule has 0 aromatic carbocycles. The van der Waals surface area contributed by atoms with Crippen molar-refractivity contribution in [2.24, 2.45) is 5.92 Å². The predicted octanol–water partition coefficient (Wildman–Crippen LogP) is 1.87. The maximum Gasteiger partial charge on any atom is 0.0827 e. The van der Waals surface area contributed by atoms with E-state index in [9.17, 15) is 0 Å². The van der Waals surface area contributed by atoms with Crippen LogP contribution in [0, 0.1) is 5.92 Å². The van der Waals surface area contributed by atoms with E-state index in [1.807, 2.05) is 10.9 Å². The third kappa shape index (κ3) is 5.26. The lowest BCUT2D eigenvalue weighted by Crippen LogP contribution is -2.20. The summed E-state index contributed by atoms with van der Waals surface area (Å²) in [5.74, 6) is 0.740. The van der Waals surface area contributed by atoms with Crippen LogP contribution in [0.1, 0.15) is 39.3 Å². The van der Waals surface area contributed by atoms with Gasteiger partial charge in [-0.3, -0.25) is 4.68 Å². The number of nitrogens with one attached hydrogen (secondary N) is 1. The van der Waals surface area contributed by atoms with Gasteiger partial charge in [-0.15, -0.1) is 5.10 Å². The topological polar surface area (TPSA) is 42.7 Å². The lowest BCUT2D eigenvalue weighted by molar-refractivity contribution is 0.535. The molecule has 1 N–H and O–H groups in total. The monoisotopic (exact) mass is 224 g/mol. The van der Waals surface area contributed by atoms with Crippen molar-refractivity contribution in [1.82, 2.24) is 20.3 Å². The number of hydrogen-bond acceptors (Lipinski definition) is 3. The summed E-state index contributed by atoms with van der Waals surface area (Å²) in [5, 5.41) is 11.6. The zero-order valence-electron chi connectivity index (χ0n) is 10.7. The van der Waals surface area contributed by atoms with E-state index < -0.39 is 0 Å². The SMILES string of the molecule is CCn1cc(CCCCNCC(C)C)nn1. The fourth-order valence-corrected chi connectivity index (χ4v) is 1.55. The summed E-state index contributed by atoms with van der Waals surface area (Å²) < 4.78 is 1.88. The number of aromatic nitrogens is 3. The van der Waals surface area contributed by atoms with Gasteiger partial charge in [0.25, 0.3) is 0 Å². The summed E-state index contributed by atoms with van der Waals surface area (Å²) in [4.78, 5) is 0. The Kier molecular flexibility index (Phi) is 6.08. The predicted molar refractivity (Wildman–Crippen MR) is 66.3 cm³/mol. The van der Waals surface area contributed by atoms with E-state index in [1.54, 1.807) is 0 Å². The minimum absolute atomic E-state index is 0.740. The van der Waals surface area contributed by atoms with Gasteiger partial charge in [0.1, 0.15) is 0 Å². The van der Waals surface area contributed by atoms with E-state index in [1.165, 1.54) is 12.8 Å². The van der Waals surface area contributed by atoms with Crippen LogP contribution in [0.15, 0.2) is 6.20 Å². The molecule has 0 bridgehead atoms. The Morgan fingerprint density at radius 3 is 2.81 bits per heavy atom. The molecule has 0 aliphatic rings. The second-order valence-corrected chi connectivity index (χ2v) is 4.62. The van der Waals surface area contributed by atoms with Crippen molar-refractivity contribution in [2.75, 3.05) is 13.1 Å². The Labute approximate surface area is 98.4 Å². The molecule has 0 radical (unpaired) electrons. The molecule has 4 nitrogen and oxygen atoms in total. The van der Waals surface area contributed by atoms with Gasteiger partial charge in [0, 0.05) is 12.7 Å².